The molecule has 0 aliphatic carbocycles. The number of ether oxygens (including phenoxy) is 3. The molecule has 1 fully saturated rings. The summed E-state index contributed by atoms with van der Waals surface area (Å²) in [5.41, 5.74) is 6.73. The highest BCUT2D eigenvalue weighted by atomic mass is 79.9. The summed E-state index contributed by atoms with van der Waals surface area (Å²) < 4.78 is 17.7. The van der Waals surface area contributed by atoms with Gasteiger partial charge in [-0.05, 0) is 46.6 Å². The lowest BCUT2D eigenvalue weighted by molar-refractivity contribution is 0.0242. The Balaban J connectivity index is 2.17. The average molecular weight is 330 g/mol. The van der Waals surface area contributed by atoms with Gasteiger partial charge in [0.2, 0.25) is 0 Å². The largest absolute Gasteiger partial charge is 0.493 e. The van der Waals surface area contributed by atoms with Crippen LogP contribution in [0, 0.1) is 0 Å². The molecule has 1 aromatic carbocycles. The summed E-state index contributed by atoms with van der Waals surface area (Å²) in [5, 5.41) is 0. The van der Waals surface area contributed by atoms with Crippen LogP contribution < -0.4 is 15.2 Å². The van der Waals surface area contributed by atoms with E-state index in [1.807, 2.05) is 12.1 Å². The van der Waals surface area contributed by atoms with Gasteiger partial charge < -0.3 is 19.9 Å². The van der Waals surface area contributed by atoms with Gasteiger partial charge in [0.1, 0.15) is 6.10 Å². The summed E-state index contributed by atoms with van der Waals surface area (Å²) in [7, 11) is 1.66. The third-order valence-corrected chi connectivity index (χ3v) is 3.76. The van der Waals surface area contributed by atoms with Crippen LogP contribution in [-0.4, -0.2) is 33.0 Å². The van der Waals surface area contributed by atoms with E-state index in [4.69, 9.17) is 19.9 Å². The molecule has 1 heterocycles. The van der Waals surface area contributed by atoms with Crippen LogP contribution in [0.25, 0.3) is 0 Å². The van der Waals surface area contributed by atoms with Crippen molar-refractivity contribution in [1.29, 1.82) is 0 Å². The molecular weight excluding hydrogens is 310 g/mol. The molecule has 0 atom stereocenters. The van der Waals surface area contributed by atoms with Crippen molar-refractivity contribution in [1.82, 2.24) is 0 Å². The summed E-state index contributed by atoms with van der Waals surface area (Å²) in [6.45, 7) is 2.14. The van der Waals surface area contributed by atoms with Crippen molar-refractivity contribution < 1.29 is 14.2 Å². The molecule has 0 unspecified atom stereocenters. The summed E-state index contributed by atoms with van der Waals surface area (Å²) in [5.74, 6) is 1.53. The second-order valence-electron chi connectivity index (χ2n) is 4.58. The van der Waals surface area contributed by atoms with Crippen LogP contribution in [0.3, 0.4) is 0 Å². The van der Waals surface area contributed by atoms with Crippen LogP contribution >= 0.6 is 15.9 Å². The molecule has 19 heavy (non-hydrogen) atoms. The maximum atomic E-state index is 6.06. The molecule has 1 aliphatic heterocycles. The van der Waals surface area contributed by atoms with Crippen LogP contribution in [-0.2, 0) is 11.2 Å². The minimum absolute atomic E-state index is 0.194. The average Bonchev–Trinajstić information content (AvgIpc) is 2.43. The molecule has 0 bridgehead atoms. The Morgan fingerprint density at radius 3 is 2.74 bits per heavy atom. The maximum Gasteiger partial charge on any atom is 0.175 e. The number of rotatable bonds is 5. The van der Waals surface area contributed by atoms with Gasteiger partial charge in [-0.3, -0.25) is 0 Å². The highest BCUT2D eigenvalue weighted by Gasteiger charge is 2.19. The minimum Gasteiger partial charge on any atom is -0.493 e. The van der Waals surface area contributed by atoms with Crippen LogP contribution in [0.1, 0.15) is 18.4 Å². The predicted octanol–water partition coefficient (Wildman–Crippen LogP) is 2.52. The summed E-state index contributed by atoms with van der Waals surface area (Å²) in [6, 6.07) is 4.04. The SMILES string of the molecule is COc1cc(CCN)cc(Br)c1OC1CCOCC1. The molecule has 106 valence electrons. The van der Waals surface area contributed by atoms with Crippen LogP contribution in [0.5, 0.6) is 11.5 Å². The zero-order valence-electron chi connectivity index (χ0n) is 11.2. The highest BCUT2D eigenvalue weighted by molar-refractivity contribution is 9.10. The third-order valence-electron chi connectivity index (χ3n) is 3.18. The van der Waals surface area contributed by atoms with Gasteiger partial charge in [0.25, 0.3) is 0 Å². The van der Waals surface area contributed by atoms with Crippen molar-refractivity contribution in [3.63, 3.8) is 0 Å². The monoisotopic (exact) mass is 329 g/mol. The van der Waals surface area contributed by atoms with Gasteiger partial charge in [-0.1, -0.05) is 0 Å². The molecule has 0 spiro atoms. The van der Waals surface area contributed by atoms with Crippen LogP contribution in [0.4, 0.5) is 0 Å². The Kier molecular flexibility index (Phi) is 5.48. The van der Waals surface area contributed by atoms with Crippen molar-refractivity contribution in [3.8, 4) is 11.5 Å². The van der Waals surface area contributed by atoms with Crippen molar-refractivity contribution in [3.05, 3.63) is 22.2 Å². The van der Waals surface area contributed by atoms with E-state index in [0.29, 0.717) is 6.54 Å². The quantitative estimate of drug-likeness (QED) is 0.901. The molecule has 0 saturated carbocycles. The molecule has 0 aromatic heterocycles. The van der Waals surface area contributed by atoms with E-state index in [2.05, 4.69) is 15.9 Å². The second-order valence-corrected chi connectivity index (χ2v) is 5.43. The van der Waals surface area contributed by atoms with Crippen molar-refractivity contribution in [2.45, 2.75) is 25.4 Å². The van der Waals surface area contributed by atoms with E-state index < -0.39 is 0 Å². The third kappa shape index (κ3) is 3.84. The maximum absolute atomic E-state index is 6.06. The summed E-state index contributed by atoms with van der Waals surface area (Å²) in [6.07, 6.45) is 2.85. The number of methoxy groups -OCH3 is 1. The fourth-order valence-electron chi connectivity index (χ4n) is 2.16. The van der Waals surface area contributed by atoms with E-state index in [-0.39, 0.29) is 6.10 Å². The molecule has 5 heteroatoms. The minimum atomic E-state index is 0.194. The first-order chi connectivity index (χ1) is 9.24. The molecular formula is C14H20BrNO3. The number of nitrogens with two attached hydrogens (primary N) is 1. The van der Waals surface area contributed by atoms with E-state index in [9.17, 15) is 0 Å². The number of hydrogen-bond acceptors (Lipinski definition) is 4. The lowest BCUT2D eigenvalue weighted by atomic mass is 10.1. The van der Waals surface area contributed by atoms with Gasteiger partial charge in [-0.25, -0.2) is 0 Å². The Morgan fingerprint density at radius 1 is 1.37 bits per heavy atom. The molecule has 1 aliphatic rings. The van der Waals surface area contributed by atoms with Crippen molar-refractivity contribution in [2.75, 3.05) is 26.9 Å². The first kappa shape index (κ1) is 14.6. The molecule has 1 aromatic rings. The van der Waals surface area contributed by atoms with Gasteiger partial charge >= 0.3 is 0 Å². The number of benzene rings is 1. The molecule has 0 radical (unpaired) electrons. The smallest absolute Gasteiger partial charge is 0.175 e. The Hall–Kier alpha value is -0.780. The zero-order valence-corrected chi connectivity index (χ0v) is 12.7. The zero-order chi connectivity index (χ0) is 13.7. The highest BCUT2D eigenvalue weighted by Crippen LogP contribution is 2.38. The van der Waals surface area contributed by atoms with Gasteiger partial charge in [0, 0.05) is 12.8 Å². The van der Waals surface area contributed by atoms with Crippen molar-refractivity contribution >= 4 is 15.9 Å². The van der Waals surface area contributed by atoms with Crippen LogP contribution in [0.15, 0.2) is 16.6 Å². The molecule has 2 N–H and O–H groups in total. The number of hydrogen-bond donors (Lipinski definition) is 1. The Bertz CT molecular complexity index is 419. The van der Waals surface area contributed by atoms with Crippen LogP contribution in [0.2, 0.25) is 0 Å². The van der Waals surface area contributed by atoms with Gasteiger partial charge in [0.15, 0.2) is 11.5 Å². The first-order valence-electron chi connectivity index (χ1n) is 6.55. The molecule has 1 saturated heterocycles. The number of halogens is 1. The second kappa shape index (κ2) is 7.12. The van der Waals surface area contributed by atoms with Crippen molar-refractivity contribution in [2.24, 2.45) is 5.73 Å². The van der Waals surface area contributed by atoms with Gasteiger partial charge in [0.05, 0.1) is 24.8 Å². The molecule has 4 nitrogen and oxygen atoms in total. The van der Waals surface area contributed by atoms with E-state index in [1.54, 1.807) is 7.11 Å². The van der Waals surface area contributed by atoms with E-state index in [0.717, 1.165) is 54.0 Å². The topological polar surface area (TPSA) is 53.7 Å². The fourth-order valence-corrected chi connectivity index (χ4v) is 2.74. The normalized spacial score (nSPS) is 16.4. The first-order valence-corrected chi connectivity index (χ1v) is 7.34. The lowest BCUT2D eigenvalue weighted by Gasteiger charge is -2.25. The van der Waals surface area contributed by atoms with Gasteiger partial charge in [-0.15, -0.1) is 0 Å². The predicted molar refractivity (Wildman–Crippen MR) is 77.9 cm³/mol. The summed E-state index contributed by atoms with van der Waals surface area (Å²) in [4.78, 5) is 0. The Morgan fingerprint density at radius 2 is 2.11 bits per heavy atom. The van der Waals surface area contributed by atoms with E-state index in [1.165, 1.54) is 0 Å². The van der Waals surface area contributed by atoms with Gasteiger partial charge in [-0.2, -0.15) is 0 Å². The Labute approximate surface area is 122 Å². The lowest BCUT2D eigenvalue weighted by Crippen LogP contribution is -2.26. The standard InChI is InChI=1S/C14H20BrNO3/c1-17-13-9-10(2-5-16)8-12(15)14(13)19-11-3-6-18-7-4-11/h8-9,11H,2-7,16H2,1H3. The molecule has 0 amide bonds. The van der Waals surface area contributed by atoms with E-state index >= 15 is 0 Å². The molecule has 2 rings (SSSR count). The summed E-state index contributed by atoms with van der Waals surface area (Å²) >= 11 is 3.56. The fraction of sp³-hybridized carbons (Fsp3) is 0.571.